The van der Waals surface area contributed by atoms with Crippen molar-refractivity contribution in [1.29, 1.82) is 0 Å². The third-order valence-corrected chi connectivity index (χ3v) is 4.02. The Bertz CT molecular complexity index is 390. The molecule has 0 aliphatic heterocycles. The predicted molar refractivity (Wildman–Crippen MR) is 81.7 cm³/mol. The van der Waals surface area contributed by atoms with E-state index in [1.54, 1.807) is 0 Å². The van der Waals surface area contributed by atoms with Gasteiger partial charge in [0.15, 0.2) is 0 Å². The summed E-state index contributed by atoms with van der Waals surface area (Å²) in [7, 11) is 0. The lowest BCUT2D eigenvalue weighted by Crippen LogP contribution is -2.36. The summed E-state index contributed by atoms with van der Waals surface area (Å²) >= 11 is 12.3. The lowest BCUT2D eigenvalue weighted by Gasteiger charge is -2.30. The monoisotopic (exact) mass is 287 g/mol. The van der Waals surface area contributed by atoms with Crippen LogP contribution < -0.4 is 5.32 Å². The van der Waals surface area contributed by atoms with Gasteiger partial charge in [-0.15, -0.1) is 0 Å². The number of benzene rings is 1. The second-order valence-electron chi connectivity index (χ2n) is 5.61. The van der Waals surface area contributed by atoms with E-state index in [1.165, 1.54) is 0 Å². The quantitative estimate of drug-likeness (QED) is 0.781. The molecule has 0 amide bonds. The van der Waals surface area contributed by atoms with Crippen molar-refractivity contribution >= 4 is 23.2 Å². The number of halogens is 2. The van der Waals surface area contributed by atoms with Crippen LogP contribution in [-0.4, -0.2) is 12.6 Å². The minimum atomic E-state index is 0.207. The van der Waals surface area contributed by atoms with Crippen molar-refractivity contribution in [2.24, 2.45) is 5.41 Å². The van der Waals surface area contributed by atoms with Gasteiger partial charge in [-0.1, -0.05) is 50.9 Å². The maximum atomic E-state index is 6.24. The predicted octanol–water partition coefficient (Wildman–Crippen LogP) is 4.95. The minimum absolute atomic E-state index is 0.207. The van der Waals surface area contributed by atoms with Crippen LogP contribution >= 0.6 is 23.2 Å². The molecule has 1 N–H and O–H groups in total. The molecule has 1 nitrogen and oxygen atoms in total. The zero-order valence-corrected chi connectivity index (χ0v) is 13.2. The molecule has 102 valence electrons. The van der Waals surface area contributed by atoms with E-state index in [9.17, 15) is 0 Å². The van der Waals surface area contributed by atoms with Crippen molar-refractivity contribution in [3.05, 3.63) is 33.8 Å². The van der Waals surface area contributed by atoms with Crippen molar-refractivity contribution in [1.82, 2.24) is 5.32 Å². The topological polar surface area (TPSA) is 12.0 Å². The van der Waals surface area contributed by atoms with Gasteiger partial charge in [0.05, 0.1) is 0 Å². The Morgan fingerprint density at radius 3 is 2.50 bits per heavy atom. The van der Waals surface area contributed by atoms with Crippen molar-refractivity contribution < 1.29 is 0 Å². The maximum absolute atomic E-state index is 6.24. The average molecular weight is 288 g/mol. The van der Waals surface area contributed by atoms with Crippen molar-refractivity contribution in [3.63, 3.8) is 0 Å². The highest BCUT2D eigenvalue weighted by Crippen LogP contribution is 2.31. The van der Waals surface area contributed by atoms with Crippen LogP contribution in [0.5, 0.6) is 0 Å². The molecule has 0 radical (unpaired) electrons. The Hall–Kier alpha value is -0.240. The first-order valence-corrected chi connectivity index (χ1v) is 7.29. The first-order valence-electron chi connectivity index (χ1n) is 6.53. The second kappa shape index (κ2) is 6.79. The molecule has 0 spiro atoms. The highest BCUT2D eigenvalue weighted by atomic mass is 35.5. The molecule has 1 rings (SSSR count). The molecule has 18 heavy (non-hydrogen) atoms. The van der Waals surface area contributed by atoms with E-state index in [2.05, 4.69) is 33.0 Å². The van der Waals surface area contributed by atoms with Crippen LogP contribution in [0.1, 0.15) is 39.7 Å². The average Bonchev–Trinajstić information content (AvgIpc) is 2.31. The van der Waals surface area contributed by atoms with Gasteiger partial charge in [-0.2, -0.15) is 0 Å². The van der Waals surface area contributed by atoms with Gasteiger partial charge < -0.3 is 5.32 Å². The Balaban J connectivity index is 2.80. The minimum Gasteiger partial charge on any atom is -0.314 e. The Kier molecular flexibility index (Phi) is 5.97. The lowest BCUT2D eigenvalue weighted by molar-refractivity contribution is 0.281. The Morgan fingerprint density at radius 2 is 1.94 bits per heavy atom. The van der Waals surface area contributed by atoms with E-state index >= 15 is 0 Å². The largest absolute Gasteiger partial charge is 0.314 e. The molecule has 1 unspecified atom stereocenters. The molecule has 1 aromatic rings. The third kappa shape index (κ3) is 4.79. The molecule has 0 saturated carbocycles. The van der Waals surface area contributed by atoms with Gasteiger partial charge in [-0.25, -0.2) is 0 Å². The highest BCUT2D eigenvalue weighted by Gasteiger charge is 2.23. The van der Waals surface area contributed by atoms with Gasteiger partial charge >= 0.3 is 0 Å². The van der Waals surface area contributed by atoms with E-state index in [0.29, 0.717) is 6.04 Å². The maximum Gasteiger partial charge on any atom is 0.0439 e. The first-order chi connectivity index (χ1) is 8.36. The summed E-state index contributed by atoms with van der Waals surface area (Å²) in [6, 6.07) is 6.20. The van der Waals surface area contributed by atoms with Crippen LogP contribution in [0.15, 0.2) is 18.2 Å². The molecule has 0 aromatic heterocycles. The summed E-state index contributed by atoms with van der Waals surface area (Å²) in [6.45, 7) is 9.84. The zero-order valence-electron chi connectivity index (χ0n) is 11.7. The van der Waals surface area contributed by atoms with Gasteiger partial charge in [0, 0.05) is 22.6 Å². The molecular formula is C15H23Cl2N. The fourth-order valence-electron chi connectivity index (χ4n) is 1.90. The van der Waals surface area contributed by atoms with Crippen molar-refractivity contribution in [2.45, 2.75) is 46.6 Å². The zero-order chi connectivity index (χ0) is 13.8. The van der Waals surface area contributed by atoms with E-state index in [1.807, 2.05) is 18.2 Å². The smallest absolute Gasteiger partial charge is 0.0439 e. The molecule has 1 aromatic carbocycles. The fourth-order valence-corrected chi connectivity index (χ4v) is 2.28. The highest BCUT2D eigenvalue weighted by molar-refractivity contribution is 6.33. The first kappa shape index (κ1) is 15.8. The summed E-state index contributed by atoms with van der Waals surface area (Å²) in [6.07, 6.45) is 2.05. The lowest BCUT2D eigenvalue weighted by atomic mass is 9.81. The summed E-state index contributed by atoms with van der Waals surface area (Å²) < 4.78 is 0. The molecule has 0 aliphatic rings. The third-order valence-electron chi connectivity index (χ3n) is 3.42. The SMILES string of the molecule is CCC(C)(CNC(C)C)Cc1cc(Cl)ccc1Cl. The number of hydrogen-bond donors (Lipinski definition) is 1. The normalized spacial score (nSPS) is 14.8. The van der Waals surface area contributed by atoms with E-state index < -0.39 is 0 Å². The van der Waals surface area contributed by atoms with E-state index in [0.717, 1.165) is 35.0 Å². The van der Waals surface area contributed by atoms with Gasteiger partial charge in [-0.05, 0) is 42.0 Å². The van der Waals surface area contributed by atoms with Gasteiger partial charge in [0.1, 0.15) is 0 Å². The van der Waals surface area contributed by atoms with Crippen LogP contribution in [0.25, 0.3) is 0 Å². The Labute approximate surface area is 121 Å². The molecule has 3 heteroatoms. The number of nitrogens with one attached hydrogen (secondary N) is 1. The van der Waals surface area contributed by atoms with E-state index in [4.69, 9.17) is 23.2 Å². The number of rotatable bonds is 6. The molecule has 0 fully saturated rings. The van der Waals surface area contributed by atoms with E-state index in [-0.39, 0.29) is 5.41 Å². The van der Waals surface area contributed by atoms with Crippen LogP contribution in [-0.2, 0) is 6.42 Å². The molecule has 0 heterocycles. The van der Waals surface area contributed by atoms with Gasteiger partial charge in [0.25, 0.3) is 0 Å². The summed E-state index contributed by atoms with van der Waals surface area (Å²) in [5.41, 5.74) is 1.34. The van der Waals surface area contributed by atoms with Crippen LogP contribution in [0, 0.1) is 5.41 Å². The van der Waals surface area contributed by atoms with Crippen LogP contribution in [0.4, 0.5) is 0 Å². The summed E-state index contributed by atoms with van der Waals surface area (Å²) in [5, 5.41) is 5.08. The molecule has 1 atom stereocenters. The standard InChI is InChI=1S/C15H23Cl2N/c1-5-15(4,10-18-11(2)3)9-12-8-13(16)6-7-14(12)17/h6-8,11,18H,5,9-10H2,1-4H3. The number of hydrogen-bond acceptors (Lipinski definition) is 1. The second-order valence-corrected chi connectivity index (χ2v) is 6.46. The summed E-state index contributed by atoms with van der Waals surface area (Å²) in [4.78, 5) is 0. The molecule has 0 aliphatic carbocycles. The van der Waals surface area contributed by atoms with Gasteiger partial charge in [-0.3, -0.25) is 0 Å². The molecule has 0 saturated heterocycles. The van der Waals surface area contributed by atoms with Crippen LogP contribution in [0.2, 0.25) is 10.0 Å². The van der Waals surface area contributed by atoms with Crippen molar-refractivity contribution in [2.75, 3.05) is 6.54 Å². The Morgan fingerprint density at radius 1 is 1.28 bits per heavy atom. The van der Waals surface area contributed by atoms with Gasteiger partial charge in [0.2, 0.25) is 0 Å². The van der Waals surface area contributed by atoms with Crippen LogP contribution in [0.3, 0.4) is 0 Å². The molecule has 0 bridgehead atoms. The summed E-state index contributed by atoms with van der Waals surface area (Å²) in [5.74, 6) is 0. The van der Waals surface area contributed by atoms with Crippen molar-refractivity contribution in [3.8, 4) is 0 Å². The molecular weight excluding hydrogens is 265 g/mol. The fraction of sp³-hybridized carbons (Fsp3) is 0.600.